The molecule has 0 saturated carbocycles. The number of halogens is 16. The molecule has 0 bridgehead atoms. The van der Waals surface area contributed by atoms with Crippen LogP contribution in [0.2, 0.25) is 0 Å². The maximum absolute atomic E-state index is 14.5. The number of esters is 1. The van der Waals surface area contributed by atoms with E-state index in [0.29, 0.717) is 11.4 Å². The largest absolute Gasteiger partial charge is 0.460 e. The Kier molecular flexibility index (Phi) is 17.2. The minimum atomic E-state index is -2.23. The Balaban J connectivity index is 0.000000175. The van der Waals surface area contributed by atoms with Crippen LogP contribution >= 0.6 is 0 Å². The molecule has 496 valence electrons. The van der Waals surface area contributed by atoms with Crippen molar-refractivity contribution in [2.45, 2.75) is 18.9 Å². The smallest absolute Gasteiger partial charge is 0.398 e. The third kappa shape index (κ3) is 11.3. The molecule has 7 heterocycles. The number of aromatic nitrogens is 12. The standard InChI is InChI=1S/C28H4F8N10O2.C22H6F8N6O4.C8H6N4/c1-38-7-3-9-10(4-8(7)39-2)41-23(40-9)6(5-37)24-44-25(27-42-19-15(33)11(29)13(31)17(35)21(19)47-27)46-26(45-24)28-43-20-16(34)12(30)14(32)18(36)22(20)48-28;1-3-38-22(37)14(31-2)17-34-18(20-32-12-8(27)4(23)6(25)10(29)15(12)39-20)36-19(35-17)21-33-13-9(28)5(24)7(26)11(30)16(13)40-21;9-3-5-1-7(11)8(12)2-6(5)4-10/h3-4,6H,(H,40,41);14H,3H2,1H3;1-2H,11-12H2. The number of nitrogens with two attached hydrogens (primary N) is 2. The van der Waals surface area contributed by atoms with E-state index in [9.17, 15) is 80.3 Å². The van der Waals surface area contributed by atoms with Crippen LogP contribution in [0.4, 0.5) is 93.0 Å². The summed E-state index contributed by atoms with van der Waals surface area (Å²) >= 11 is 0. The van der Waals surface area contributed by atoms with E-state index in [1.807, 2.05) is 18.2 Å². The quantitative estimate of drug-likeness (QED) is 0.0302. The zero-order chi connectivity index (χ0) is 72.4. The third-order valence-corrected chi connectivity index (χ3v) is 13.4. The molecule has 0 aliphatic carbocycles. The van der Waals surface area contributed by atoms with Crippen molar-refractivity contribution in [1.29, 1.82) is 15.8 Å². The first-order chi connectivity index (χ1) is 47.6. The first-order valence-corrected chi connectivity index (χ1v) is 26.4. The lowest BCUT2D eigenvalue weighted by Crippen LogP contribution is -2.17. The number of hydrogen-bond acceptors (Lipinski definition) is 22. The van der Waals surface area contributed by atoms with Crippen molar-refractivity contribution in [3.63, 3.8) is 0 Å². The number of rotatable bonds is 9. The number of nitrogens with zero attached hydrogens (tertiary/aromatic N) is 17. The highest BCUT2D eigenvalue weighted by molar-refractivity contribution is 5.89. The number of nitriles is 3. The Bertz CT molecular complexity index is 5490. The van der Waals surface area contributed by atoms with Crippen molar-refractivity contribution in [3.8, 4) is 65.1 Å². The van der Waals surface area contributed by atoms with Crippen molar-refractivity contribution < 1.29 is 97.4 Å². The van der Waals surface area contributed by atoms with Crippen LogP contribution in [0, 0.1) is 147 Å². The number of imidazole rings is 1. The highest BCUT2D eigenvalue weighted by Crippen LogP contribution is 2.39. The molecule has 5 N–H and O–H groups in total. The van der Waals surface area contributed by atoms with Gasteiger partial charge in [-0.1, -0.05) is 0 Å². The van der Waals surface area contributed by atoms with Gasteiger partial charge in [0, 0.05) is 0 Å². The van der Waals surface area contributed by atoms with E-state index in [4.69, 9.17) is 64.1 Å². The topological polar surface area (TPSA) is 373 Å². The van der Waals surface area contributed by atoms with Gasteiger partial charge in [-0.05, 0) is 31.2 Å². The van der Waals surface area contributed by atoms with E-state index in [2.05, 4.69) is 74.3 Å². The molecular weight excluding hydrogens is 1380 g/mol. The summed E-state index contributed by atoms with van der Waals surface area (Å²) in [6.45, 7) is 23.1. The predicted molar refractivity (Wildman–Crippen MR) is 298 cm³/mol. The monoisotopic (exact) mass is 1390 g/mol. The summed E-state index contributed by atoms with van der Waals surface area (Å²) in [5, 5.41) is 27.3. The molecule has 100 heavy (non-hydrogen) atoms. The second-order valence-corrected chi connectivity index (χ2v) is 19.3. The van der Waals surface area contributed by atoms with Crippen LogP contribution in [0.25, 0.3) is 117 Å². The number of carbonyl (C=O) groups excluding carboxylic acids is 1. The fourth-order valence-corrected chi connectivity index (χ4v) is 8.72. The van der Waals surface area contributed by atoms with Crippen LogP contribution < -0.4 is 11.5 Å². The molecule has 7 aromatic heterocycles. The first kappa shape index (κ1) is 67.0. The van der Waals surface area contributed by atoms with Gasteiger partial charge in [0.2, 0.25) is 75.7 Å². The molecule has 2 unspecified atom stereocenters. The molecule has 13 aromatic rings. The van der Waals surface area contributed by atoms with Gasteiger partial charge < -0.3 is 38.9 Å². The number of nitrogen functional groups attached to an aromatic ring is 2. The van der Waals surface area contributed by atoms with Gasteiger partial charge in [-0.15, -0.1) is 0 Å². The van der Waals surface area contributed by atoms with Gasteiger partial charge >= 0.3 is 12.0 Å². The molecule has 0 aliphatic rings. The SMILES string of the molecule is N#Cc1cc(N)c(N)cc1C#N.[C-]#[N+]C(C(=O)OCC)c1nc(-c2nc3c(F)c(F)c(F)c(F)c3o2)nc(-c2nc3c(F)c(F)c(F)c(F)c3o2)n1.[C-]#[N+]c1cc2nc(C(C#N)c3nc(-c4nc5c(F)c(F)c(F)c(F)c5o4)nc(-c4nc5c(F)c(F)c(F)c(F)c5o4)n3)[nH]c2cc1[N+]#[C-]. The molecule has 0 saturated heterocycles. The Hall–Kier alpha value is -14.4. The lowest BCUT2D eigenvalue weighted by Gasteiger charge is -2.07. The van der Waals surface area contributed by atoms with E-state index in [1.54, 1.807) is 0 Å². The summed E-state index contributed by atoms with van der Waals surface area (Å²) in [7, 11) is 0. The number of benzene rings is 6. The van der Waals surface area contributed by atoms with Crippen molar-refractivity contribution in [3.05, 3.63) is 180 Å². The van der Waals surface area contributed by atoms with E-state index < -0.39 is 214 Å². The first-order valence-electron chi connectivity index (χ1n) is 26.4. The molecule has 0 spiro atoms. The molecule has 0 radical (unpaired) electrons. The van der Waals surface area contributed by atoms with Gasteiger partial charge in [-0.2, -0.15) is 53.3 Å². The average molecular weight is 1390 g/mol. The molecule has 13 rings (SSSR count). The summed E-state index contributed by atoms with van der Waals surface area (Å²) < 4.78 is 250. The number of hydrogen-bond donors (Lipinski definition) is 3. The zero-order valence-corrected chi connectivity index (χ0v) is 47.9. The average Bonchev–Trinajstić information content (AvgIpc) is 1.62. The maximum atomic E-state index is 14.5. The zero-order valence-electron chi connectivity index (χ0n) is 47.9. The fraction of sp³-hybridized carbons (Fsp3) is 0.0690. The normalized spacial score (nSPS) is 11.7. The maximum Gasteiger partial charge on any atom is 0.398 e. The van der Waals surface area contributed by atoms with Gasteiger partial charge in [-0.3, -0.25) is 14.5 Å². The summed E-state index contributed by atoms with van der Waals surface area (Å²) in [4.78, 5) is 66.0. The number of nitrogens with one attached hydrogen (secondary N) is 1. The molecule has 6 aromatic carbocycles. The highest BCUT2D eigenvalue weighted by atomic mass is 19.2. The lowest BCUT2D eigenvalue weighted by molar-refractivity contribution is -0.143. The molecule has 0 aliphatic heterocycles. The van der Waals surface area contributed by atoms with Crippen molar-refractivity contribution in [1.82, 2.24) is 59.8 Å². The fourth-order valence-electron chi connectivity index (χ4n) is 8.72. The molecule has 0 amide bonds. The Morgan fingerprint density at radius 2 is 0.810 bits per heavy atom. The van der Waals surface area contributed by atoms with Gasteiger partial charge in [0.1, 0.15) is 18.0 Å². The van der Waals surface area contributed by atoms with Gasteiger partial charge in [0.15, 0.2) is 114 Å². The van der Waals surface area contributed by atoms with Gasteiger partial charge in [0.25, 0.3) is 23.6 Å². The van der Waals surface area contributed by atoms with Crippen LogP contribution in [0.3, 0.4) is 0 Å². The summed E-state index contributed by atoms with van der Waals surface area (Å²) in [5.74, 6) is -44.9. The molecule has 42 heteroatoms. The number of aromatic amines is 1. The number of H-pyrrole nitrogens is 1. The second-order valence-electron chi connectivity index (χ2n) is 19.3. The van der Waals surface area contributed by atoms with E-state index in [0.717, 1.165) is 0 Å². The molecule has 2 atom stereocenters. The summed E-state index contributed by atoms with van der Waals surface area (Å²) in [5.41, 5.74) is 2.86. The van der Waals surface area contributed by atoms with Crippen molar-refractivity contribution in [2.75, 3.05) is 18.1 Å². The highest BCUT2D eigenvalue weighted by Gasteiger charge is 2.37. The number of fused-ring (bicyclic) bond motifs is 5. The van der Waals surface area contributed by atoms with Crippen molar-refractivity contribution >= 4 is 84.2 Å². The van der Waals surface area contributed by atoms with Crippen LogP contribution in [-0.2, 0) is 9.53 Å². The summed E-state index contributed by atoms with van der Waals surface area (Å²) in [6, 6.07) is 8.92. The van der Waals surface area contributed by atoms with E-state index in [-0.39, 0.29) is 46.0 Å². The molecular formula is C58H16F16N20O6. The minimum absolute atomic E-state index is 0.0439. The molecule has 0 fully saturated rings. The van der Waals surface area contributed by atoms with Gasteiger partial charge in [-0.25, -0.2) is 98.9 Å². The van der Waals surface area contributed by atoms with Crippen LogP contribution in [-0.4, -0.2) is 72.4 Å². The van der Waals surface area contributed by atoms with Crippen LogP contribution in [0.15, 0.2) is 41.9 Å². The van der Waals surface area contributed by atoms with Gasteiger partial charge in [0.05, 0.1) is 59.4 Å². The number of anilines is 2. The Morgan fingerprint density at radius 3 is 1.12 bits per heavy atom. The predicted octanol–water partition coefficient (Wildman–Crippen LogP) is 13.0. The second kappa shape index (κ2) is 25.7. The Labute approximate surface area is 538 Å². The van der Waals surface area contributed by atoms with E-state index in [1.165, 1.54) is 31.2 Å². The van der Waals surface area contributed by atoms with Crippen molar-refractivity contribution in [2.24, 2.45) is 0 Å². The third-order valence-electron chi connectivity index (χ3n) is 13.4. The number of ether oxygens (including phenoxy) is 1. The Morgan fingerprint density at radius 1 is 0.480 bits per heavy atom. The van der Waals surface area contributed by atoms with Crippen LogP contribution in [0.1, 0.15) is 47.5 Å². The van der Waals surface area contributed by atoms with E-state index >= 15 is 0 Å². The number of oxazole rings is 4. The van der Waals surface area contributed by atoms with Crippen LogP contribution in [0.5, 0.6) is 0 Å². The number of carbonyl (C=O) groups is 1. The lowest BCUT2D eigenvalue weighted by atomic mass is 10.1. The summed E-state index contributed by atoms with van der Waals surface area (Å²) in [6.07, 6.45) is 0. The molecule has 26 nitrogen and oxygen atoms in total. The minimum Gasteiger partial charge on any atom is -0.460 e.